The minimum Gasteiger partial charge on any atom is -0.377 e. The molecule has 0 saturated heterocycles. The smallest absolute Gasteiger partial charge is 0.176 e. The van der Waals surface area contributed by atoms with Crippen molar-refractivity contribution in [2.45, 2.75) is 19.5 Å². The van der Waals surface area contributed by atoms with E-state index in [9.17, 15) is 8.78 Å². The van der Waals surface area contributed by atoms with E-state index >= 15 is 0 Å². The van der Waals surface area contributed by atoms with Crippen LogP contribution in [0.1, 0.15) is 13.3 Å². The molecule has 1 aromatic carbocycles. The summed E-state index contributed by atoms with van der Waals surface area (Å²) in [6, 6.07) is 1.30. The van der Waals surface area contributed by atoms with E-state index in [1.54, 1.807) is 12.3 Å². The highest BCUT2D eigenvalue weighted by atomic mass is 32.1. The van der Waals surface area contributed by atoms with E-state index in [1.807, 2.05) is 20.0 Å². The molecule has 0 aliphatic carbocycles. The van der Waals surface area contributed by atoms with Crippen LogP contribution in [0.3, 0.4) is 0 Å². The monoisotopic (exact) mass is 352 g/mol. The number of nitrogens with one attached hydrogen (secondary N) is 2. The predicted octanol–water partition coefficient (Wildman–Crippen LogP) is 3.94. The van der Waals surface area contributed by atoms with Crippen molar-refractivity contribution in [3.05, 3.63) is 48.1 Å². The van der Waals surface area contributed by atoms with E-state index in [2.05, 4.69) is 27.1 Å². The first-order chi connectivity index (χ1) is 11.5. The topological polar surface area (TPSA) is 40.2 Å². The summed E-state index contributed by atoms with van der Waals surface area (Å²) in [5, 5.41) is 5.97. The summed E-state index contributed by atoms with van der Waals surface area (Å²) in [6.45, 7) is 6.96. The standard InChI is InChI=1S/C17H22F2N4S/c1-4-5-9-23(3)12(2)20-7-6-8-21-16-13(18)10-14-17(15(16)19)22-11-24-14/h4,6-7,10-12,20-21H,1,5,8-9H2,2-3H3/b7-6-. The summed E-state index contributed by atoms with van der Waals surface area (Å²) in [5.74, 6) is -1.26. The van der Waals surface area contributed by atoms with Crippen LogP contribution in [0.25, 0.3) is 10.2 Å². The van der Waals surface area contributed by atoms with Crippen molar-refractivity contribution >= 4 is 27.2 Å². The number of rotatable bonds is 9. The summed E-state index contributed by atoms with van der Waals surface area (Å²) in [6.07, 6.45) is 6.51. The van der Waals surface area contributed by atoms with Gasteiger partial charge in [-0.3, -0.25) is 4.90 Å². The maximum absolute atomic E-state index is 14.2. The number of benzene rings is 1. The van der Waals surface area contributed by atoms with Crippen molar-refractivity contribution in [3.63, 3.8) is 0 Å². The van der Waals surface area contributed by atoms with Crippen molar-refractivity contribution in [3.8, 4) is 0 Å². The highest BCUT2D eigenvalue weighted by Crippen LogP contribution is 2.29. The average Bonchev–Trinajstić information content (AvgIpc) is 3.03. The maximum Gasteiger partial charge on any atom is 0.176 e. The van der Waals surface area contributed by atoms with Crippen molar-refractivity contribution in [1.29, 1.82) is 0 Å². The second-order valence-electron chi connectivity index (χ2n) is 5.43. The summed E-state index contributed by atoms with van der Waals surface area (Å²) >= 11 is 1.21. The second-order valence-corrected chi connectivity index (χ2v) is 6.32. The molecule has 1 aromatic heterocycles. The molecule has 0 radical (unpaired) electrons. The molecular formula is C17H22F2N4S. The third-order valence-electron chi connectivity index (χ3n) is 3.72. The summed E-state index contributed by atoms with van der Waals surface area (Å²) in [4.78, 5) is 6.07. The first-order valence-corrected chi connectivity index (χ1v) is 8.59. The van der Waals surface area contributed by atoms with E-state index in [4.69, 9.17) is 0 Å². The molecule has 0 fully saturated rings. The third-order valence-corrected chi connectivity index (χ3v) is 4.49. The molecule has 7 heteroatoms. The van der Waals surface area contributed by atoms with Gasteiger partial charge in [0.05, 0.1) is 16.4 Å². The Bertz CT molecular complexity index is 714. The first-order valence-electron chi connectivity index (χ1n) is 7.71. The van der Waals surface area contributed by atoms with Crippen molar-refractivity contribution in [1.82, 2.24) is 15.2 Å². The average molecular weight is 352 g/mol. The first kappa shape index (κ1) is 18.4. The number of halogens is 2. The lowest BCUT2D eigenvalue weighted by atomic mass is 10.2. The lowest BCUT2D eigenvalue weighted by Gasteiger charge is -2.24. The third kappa shape index (κ3) is 4.52. The number of hydrogen-bond donors (Lipinski definition) is 2. The minimum atomic E-state index is -0.648. The van der Waals surface area contributed by atoms with E-state index < -0.39 is 11.6 Å². The van der Waals surface area contributed by atoms with Crippen LogP contribution in [0.4, 0.5) is 14.5 Å². The molecule has 2 rings (SSSR count). The van der Waals surface area contributed by atoms with Crippen LogP contribution in [0.15, 0.2) is 36.5 Å². The largest absolute Gasteiger partial charge is 0.377 e. The molecule has 4 nitrogen and oxygen atoms in total. The van der Waals surface area contributed by atoms with E-state index in [0.29, 0.717) is 11.2 Å². The Morgan fingerprint density at radius 3 is 3.00 bits per heavy atom. The lowest BCUT2D eigenvalue weighted by Crippen LogP contribution is -2.39. The summed E-state index contributed by atoms with van der Waals surface area (Å²) in [7, 11) is 2.01. The molecule has 0 spiro atoms. The van der Waals surface area contributed by atoms with Gasteiger partial charge in [-0.1, -0.05) is 6.08 Å². The number of thiazole rings is 1. The molecule has 130 valence electrons. The highest BCUT2D eigenvalue weighted by Gasteiger charge is 2.14. The molecule has 0 bridgehead atoms. The van der Waals surface area contributed by atoms with Gasteiger partial charge in [0, 0.05) is 13.1 Å². The van der Waals surface area contributed by atoms with E-state index in [1.165, 1.54) is 22.9 Å². The molecule has 0 saturated carbocycles. The van der Waals surface area contributed by atoms with Crippen LogP contribution >= 0.6 is 11.3 Å². The number of aromatic nitrogens is 1. The van der Waals surface area contributed by atoms with Crippen LogP contribution in [0.2, 0.25) is 0 Å². The zero-order valence-corrected chi connectivity index (χ0v) is 14.7. The number of nitrogens with zero attached hydrogens (tertiary/aromatic N) is 2. The van der Waals surface area contributed by atoms with Crippen LogP contribution in [0.5, 0.6) is 0 Å². The molecule has 1 atom stereocenters. The van der Waals surface area contributed by atoms with Crippen LogP contribution in [-0.2, 0) is 0 Å². The molecule has 0 aliphatic heterocycles. The normalized spacial score (nSPS) is 12.9. The predicted molar refractivity (Wildman–Crippen MR) is 97.2 cm³/mol. The Labute approximate surface area is 144 Å². The highest BCUT2D eigenvalue weighted by molar-refractivity contribution is 7.16. The fourth-order valence-electron chi connectivity index (χ4n) is 2.14. The quantitative estimate of drug-likeness (QED) is 0.530. The van der Waals surface area contributed by atoms with Gasteiger partial charge in [0.25, 0.3) is 0 Å². The number of fused-ring (bicyclic) bond motifs is 1. The Kier molecular flexibility index (Phi) is 6.69. The fraction of sp³-hybridized carbons (Fsp3) is 0.353. The molecule has 1 heterocycles. The number of anilines is 1. The molecule has 0 aliphatic rings. The van der Waals surface area contributed by atoms with Crippen LogP contribution in [-0.4, -0.2) is 36.2 Å². The Balaban J connectivity index is 1.87. The number of hydrogen-bond acceptors (Lipinski definition) is 5. The molecule has 2 aromatic rings. The maximum atomic E-state index is 14.2. The Morgan fingerprint density at radius 1 is 1.46 bits per heavy atom. The van der Waals surface area contributed by atoms with Gasteiger partial charge in [0.2, 0.25) is 0 Å². The molecule has 2 N–H and O–H groups in total. The SMILES string of the molecule is C=CCCN(C)C(C)N/C=C\CNc1c(F)cc2scnc2c1F. The molecule has 24 heavy (non-hydrogen) atoms. The van der Waals surface area contributed by atoms with Gasteiger partial charge in [0.15, 0.2) is 11.6 Å². The lowest BCUT2D eigenvalue weighted by molar-refractivity contribution is 0.241. The van der Waals surface area contributed by atoms with Gasteiger partial charge in [-0.2, -0.15) is 0 Å². The van der Waals surface area contributed by atoms with Gasteiger partial charge in [-0.05, 0) is 38.7 Å². The zero-order chi connectivity index (χ0) is 17.5. The van der Waals surface area contributed by atoms with E-state index in [-0.39, 0.29) is 17.4 Å². The molecule has 0 amide bonds. The van der Waals surface area contributed by atoms with Gasteiger partial charge in [-0.15, -0.1) is 17.9 Å². The summed E-state index contributed by atoms with van der Waals surface area (Å²) in [5.41, 5.74) is 1.56. The Hall–Kier alpha value is -1.99. The van der Waals surface area contributed by atoms with Gasteiger partial charge in [0.1, 0.15) is 11.2 Å². The van der Waals surface area contributed by atoms with Crippen molar-refractivity contribution in [2.24, 2.45) is 0 Å². The van der Waals surface area contributed by atoms with Gasteiger partial charge >= 0.3 is 0 Å². The van der Waals surface area contributed by atoms with Gasteiger partial charge in [-0.25, -0.2) is 13.8 Å². The van der Waals surface area contributed by atoms with Crippen molar-refractivity contribution < 1.29 is 8.78 Å². The van der Waals surface area contributed by atoms with Crippen LogP contribution < -0.4 is 10.6 Å². The Morgan fingerprint density at radius 2 is 2.25 bits per heavy atom. The second kappa shape index (κ2) is 8.75. The fourth-order valence-corrected chi connectivity index (χ4v) is 2.84. The van der Waals surface area contributed by atoms with Gasteiger partial charge < -0.3 is 10.6 Å². The molecular weight excluding hydrogens is 330 g/mol. The molecule has 1 unspecified atom stereocenters. The van der Waals surface area contributed by atoms with E-state index in [0.717, 1.165) is 13.0 Å². The van der Waals surface area contributed by atoms with Crippen LogP contribution in [0, 0.1) is 11.6 Å². The zero-order valence-electron chi connectivity index (χ0n) is 13.9. The minimum absolute atomic E-state index is 0.144. The summed E-state index contributed by atoms with van der Waals surface area (Å²) < 4.78 is 28.7. The van der Waals surface area contributed by atoms with Crippen molar-refractivity contribution in [2.75, 3.05) is 25.5 Å².